The van der Waals surface area contributed by atoms with Gasteiger partial charge in [-0.25, -0.2) is 0 Å². The Labute approximate surface area is 93.6 Å². The van der Waals surface area contributed by atoms with Crippen molar-refractivity contribution in [3.05, 3.63) is 11.1 Å². The predicted octanol–water partition coefficient (Wildman–Crippen LogP) is 3.53. The Morgan fingerprint density at radius 3 is 2.73 bits per heavy atom. The molecule has 15 heavy (non-hydrogen) atoms. The fourth-order valence-corrected chi connectivity index (χ4v) is 3.43. The first-order chi connectivity index (χ1) is 7.04. The molecule has 0 bridgehead atoms. The normalized spacial score (nSPS) is 35.2. The maximum Gasteiger partial charge on any atom is 0.0464 e. The number of aliphatic hydroxyl groups is 1. The maximum absolute atomic E-state index is 9.40. The molecule has 2 aliphatic carbocycles. The smallest absolute Gasteiger partial charge is 0.0464 e. The van der Waals surface area contributed by atoms with Crippen molar-refractivity contribution in [2.45, 2.75) is 52.9 Å². The van der Waals surface area contributed by atoms with Gasteiger partial charge in [0.1, 0.15) is 0 Å². The van der Waals surface area contributed by atoms with Crippen molar-refractivity contribution in [2.75, 3.05) is 6.61 Å². The monoisotopic (exact) mass is 208 g/mol. The number of allylic oxidation sites excluding steroid dienone is 2. The van der Waals surface area contributed by atoms with E-state index < -0.39 is 0 Å². The van der Waals surface area contributed by atoms with Gasteiger partial charge in [-0.3, -0.25) is 0 Å². The molecule has 1 nitrogen and oxygen atoms in total. The second-order valence-corrected chi connectivity index (χ2v) is 6.15. The molecule has 0 spiro atoms. The van der Waals surface area contributed by atoms with Crippen molar-refractivity contribution in [2.24, 2.45) is 17.3 Å². The third-order valence-corrected chi connectivity index (χ3v) is 4.60. The average molecular weight is 208 g/mol. The summed E-state index contributed by atoms with van der Waals surface area (Å²) in [6.45, 7) is 7.43. The molecule has 0 heterocycles. The van der Waals surface area contributed by atoms with E-state index in [9.17, 15) is 5.11 Å². The van der Waals surface area contributed by atoms with Gasteiger partial charge in [0.15, 0.2) is 0 Å². The van der Waals surface area contributed by atoms with Crippen LogP contribution in [0.5, 0.6) is 0 Å². The summed E-state index contributed by atoms with van der Waals surface area (Å²) in [5.74, 6) is 1.20. The van der Waals surface area contributed by atoms with E-state index in [1.165, 1.54) is 25.7 Å². The third kappa shape index (κ3) is 1.99. The Morgan fingerprint density at radius 2 is 2.07 bits per heavy atom. The number of aliphatic hydroxyl groups excluding tert-OH is 1. The molecule has 0 aromatic carbocycles. The molecule has 2 atom stereocenters. The fraction of sp³-hybridized carbons (Fsp3) is 0.857. The van der Waals surface area contributed by atoms with Crippen molar-refractivity contribution < 1.29 is 5.11 Å². The third-order valence-electron chi connectivity index (χ3n) is 4.60. The quantitative estimate of drug-likeness (QED) is 0.654. The Bertz CT molecular complexity index is 275. The van der Waals surface area contributed by atoms with Crippen LogP contribution in [0.25, 0.3) is 0 Å². The van der Waals surface area contributed by atoms with Crippen LogP contribution in [0.3, 0.4) is 0 Å². The SMILES string of the molecule is C[C@@H]1CC2=C(C[C@H]1CO)C(C)(C)CCC2. The molecule has 86 valence electrons. The van der Waals surface area contributed by atoms with Crippen molar-refractivity contribution in [1.29, 1.82) is 0 Å². The van der Waals surface area contributed by atoms with Gasteiger partial charge in [-0.05, 0) is 49.4 Å². The van der Waals surface area contributed by atoms with Gasteiger partial charge in [0.2, 0.25) is 0 Å². The van der Waals surface area contributed by atoms with Crippen LogP contribution in [0, 0.1) is 17.3 Å². The maximum atomic E-state index is 9.40. The molecule has 1 N–H and O–H groups in total. The zero-order chi connectivity index (χ0) is 11.1. The van der Waals surface area contributed by atoms with Crippen molar-refractivity contribution in [3.8, 4) is 0 Å². The minimum absolute atomic E-state index is 0.369. The van der Waals surface area contributed by atoms with Crippen LogP contribution in [0.15, 0.2) is 11.1 Å². The highest BCUT2D eigenvalue weighted by Gasteiger charge is 2.36. The zero-order valence-electron chi connectivity index (χ0n) is 10.3. The van der Waals surface area contributed by atoms with Gasteiger partial charge in [-0.2, -0.15) is 0 Å². The van der Waals surface area contributed by atoms with Gasteiger partial charge in [-0.1, -0.05) is 31.9 Å². The van der Waals surface area contributed by atoms with Crippen molar-refractivity contribution in [1.82, 2.24) is 0 Å². The Kier molecular flexibility index (Phi) is 2.94. The topological polar surface area (TPSA) is 20.2 Å². The largest absolute Gasteiger partial charge is 0.396 e. The second-order valence-electron chi connectivity index (χ2n) is 6.15. The van der Waals surface area contributed by atoms with Gasteiger partial charge < -0.3 is 5.11 Å². The van der Waals surface area contributed by atoms with E-state index in [1.54, 1.807) is 11.1 Å². The molecule has 2 rings (SSSR count). The first-order valence-electron chi connectivity index (χ1n) is 6.37. The first kappa shape index (κ1) is 11.2. The van der Waals surface area contributed by atoms with Gasteiger partial charge in [0, 0.05) is 6.61 Å². The molecule has 0 saturated carbocycles. The standard InChI is InChI=1S/C14H24O/c1-10-7-11-5-4-6-14(2,3)13(11)8-12(10)9-15/h10,12,15H,4-9H2,1-3H3/t10-,12+/m1/s1. The minimum atomic E-state index is 0.369. The molecular formula is C14H24O. The van der Waals surface area contributed by atoms with Gasteiger partial charge in [-0.15, -0.1) is 0 Å². The van der Waals surface area contributed by atoms with E-state index in [0.717, 1.165) is 6.42 Å². The molecule has 0 fully saturated rings. The van der Waals surface area contributed by atoms with Crippen LogP contribution in [0.1, 0.15) is 52.9 Å². The van der Waals surface area contributed by atoms with E-state index in [0.29, 0.717) is 23.9 Å². The molecule has 0 amide bonds. The molecular weight excluding hydrogens is 184 g/mol. The summed E-state index contributed by atoms with van der Waals surface area (Å²) in [5, 5.41) is 9.40. The molecule has 0 saturated heterocycles. The second kappa shape index (κ2) is 3.93. The lowest BCUT2D eigenvalue weighted by Gasteiger charge is -2.42. The molecule has 0 aromatic heterocycles. The lowest BCUT2D eigenvalue weighted by molar-refractivity contribution is 0.158. The van der Waals surface area contributed by atoms with Crippen LogP contribution in [-0.2, 0) is 0 Å². The summed E-state index contributed by atoms with van der Waals surface area (Å²) in [6, 6.07) is 0. The van der Waals surface area contributed by atoms with Gasteiger partial charge in [0.25, 0.3) is 0 Å². The molecule has 0 radical (unpaired) electrons. The van der Waals surface area contributed by atoms with Crippen LogP contribution < -0.4 is 0 Å². The fourth-order valence-electron chi connectivity index (χ4n) is 3.43. The molecule has 0 unspecified atom stereocenters. The molecule has 1 heteroatoms. The molecule has 0 aliphatic heterocycles. The lowest BCUT2D eigenvalue weighted by atomic mass is 9.63. The summed E-state index contributed by atoms with van der Waals surface area (Å²) in [5.41, 5.74) is 3.82. The minimum Gasteiger partial charge on any atom is -0.396 e. The van der Waals surface area contributed by atoms with Crippen molar-refractivity contribution in [3.63, 3.8) is 0 Å². The highest BCUT2D eigenvalue weighted by Crippen LogP contribution is 2.49. The first-order valence-corrected chi connectivity index (χ1v) is 6.37. The Balaban J connectivity index is 2.27. The highest BCUT2D eigenvalue weighted by atomic mass is 16.3. The summed E-state index contributed by atoms with van der Waals surface area (Å²) in [7, 11) is 0. The molecule has 2 aliphatic rings. The Hall–Kier alpha value is -0.300. The van der Waals surface area contributed by atoms with E-state index in [2.05, 4.69) is 20.8 Å². The van der Waals surface area contributed by atoms with Crippen LogP contribution >= 0.6 is 0 Å². The van der Waals surface area contributed by atoms with Crippen LogP contribution in [0.4, 0.5) is 0 Å². The number of rotatable bonds is 1. The molecule has 0 aromatic rings. The van der Waals surface area contributed by atoms with Crippen LogP contribution in [0.2, 0.25) is 0 Å². The van der Waals surface area contributed by atoms with Crippen LogP contribution in [-0.4, -0.2) is 11.7 Å². The van der Waals surface area contributed by atoms with Gasteiger partial charge >= 0.3 is 0 Å². The van der Waals surface area contributed by atoms with E-state index in [-0.39, 0.29) is 0 Å². The summed E-state index contributed by atoms with van der Waals surface area (Å²) < 4.78 is 0. The number of hydrogen-bond acceptors (Lipinski definition) is 1. The zero-order valence-corrected chi connectivity index (χ0v) is 10.3. The predicted molar refractivity (Wildman–Crippen MR) is 63.6 cm³/mol. The summed E-state index contributed by atoms with van der Waals surface area (Å²) in [4.78, 5) is 0. The summed E-state index contributed by atoms with van der Waals surface area (Å²) >= 11 is 0. The summed E-state index contributed by atoms with van der Waals surface area (Å²) in [6.07, 6.45) is 6.41. The van der Waals surface area contributed by atoms with E-state index >= 15 is 0 Å². The van der Waals surface area contributed by atoms with E-state index in [1.807, 2.05) is 0 Å². The average Bonchev–Trinajstić information content (AvgIpc) is 2.16. The van der Waals surface area contributed by atoms with Gasteiger partial charge in [0.05, 0.1) is 0 Å². The highest BCUT2D eigenvalue weighted by molar-refractivity contribution is 5.27. The van der Waals surface area contributed by atoms with Crippen molar-refractivity contribution >= 4 is 0 Å². The van der Waals surface area contributed by atoms with E-state index in [4.69, 9.17) is 0 Å². The number of hydrogen-bond donors (Lipinski definition) is 1. The lowest BCUT2D eigenvalue weighted by Crippen LogP contribution is -2.31. The Morgan fingerprint density at radius 1 is 1.33 bits per heavy atom.